The Labute approximate surface area is 120 Å². The van der Waals surface area contributed by atoms with E-state index in [2.05, 4.69) is 48.6 Å². The third-order valence-electron chi connectivity index (χ3n) is 3.93. The number of rotatable bonds is 4. The van der Waals surface area contributed by atoms with Crippen molar-refractivity contribution in [2.75, 3.05) is 11.9 Å². The van der Waals surface area contributed by atoms with Crippen LogP contribution in [0, 0.1) is 0 Å². The Morgan fingerprint density at radius 3 is 2.80 bits per heavy atom. The fourth-order valence-electron chi connectivity index (χ4n) is 2.88. The fraction of sp³-hybridized carbons (Fsp3) is 0.333. The van der Waals surface area contributed by atoms with Crippen LogP contribution in [0.1, 0.15) is 36.6 Å². The molecule has 2 aromatic rings. The molecule has 104 valence electrons. The van der Waals surface area contributed by atoms with Gasteiger partial charge >= 0.3 is 0 Å². The topological polar surface area (TPSA) is 21.3 Å². The van der Waals surface area contributed by atoms with Crippen molar-refractivity contribution in [3.05, 3.63) is 59.2 Å². The summed E-state index contributed by atoms with van der Waals surface area (Å²) in [6.07, 6.45) is 2.13. The highest BCUT2D eigenvalue weighted by molar-refractivity contribution is 5.60. The number of hydrogen-bond donors (Lipinski definition) is 1. The van der Waals surface area contributed by atoms with Crippen LogP contribution >= 0.6 is 0 Å². The summed E-state index contributed by atoms with van der Waals surface area (Å²) < 4.78 is 5.75. The van der Waals surface area contributed by atoms with Gasteiger partial charge in [-0.15, -0.1) is 0 Å². The van der Waals surface area contributed by atoms with Gasteiger partial charge in [-0.25, -0.2) is 0 Å². The molecule has 2 aromatic carbocycles. The number of para-hydroxylation sites is 1. The van der Waals surface area contributed by atoms with E-state index in [0.717, 1.165) is 18.6 Å². The van der Waals surface area contributed by atoms with E-state index in [1.165, 1.54) is 22.4 Å². The first-order chi connectivity index (χ1) is 9.81. The maximum atomic E-state index is 5.75. The quantitative estimate of drug-likeness (QED) is 0.888. The second-order valence-electron chi connectivity index (χ2n) is 5.22. The molecule has 0 aliphatic carbocycles. The Hall–Kier alpha value is -1.96. The second-order valence-corrected chi connectivity index (χ2v) is 5.22. The van der Waals surface area contributed by atoms with Gasteiger partial charge < -0.3 is 10.1 Å². The molecule has 1 heterocycles. The predicted molar refractivity (Wildman–Crippen MR) is 83.5 cm³/mol. The molecule has 0 fully saturated rings. The molecule has 2 nitrogen and oxygen atoms in total. The average molecular weight is 267 g/mol. The van der Waals surface area contributed by atoms with Crippen LogP contribution in [0.15, 0.2) is 42.5 Å². The lowest BCUT2D eigenvalue weighted by atomic mass is 10.0. The molecule has 1 aliphatic heterocycles. The largest absolute Gasteiger partial charge is 0.494 e. The number of aryl methyl sites for hydroxylation is 1. The van der Waals surface area contributed by atoms with Gasteiger partial charge in [0.15, 0.2) is 0 Å². The summed E-state index contributed by atoms with van der Waals surface area (Å²) in [6, 6.07) is 15.4. The number of benzene rings is 2. The first kappa shape index (κ1) is 13.0. The maximum Gasteiger partial charge on any atom is 0.124 e. The van der Waals surface area contributed by atoms with E-state index in [9.17, 15) is 0 Å². The molecule has 0 bridgehead atoms. The highest BCUT2D eigenvalue weighted by Gasteiger charge is 2.24. The minimum absolute atomic E-state index is 0.319. The van der Waals surface area contributed by atoms with E-state index in [0.29, 0.717) is 12.6 Å². The Kier molecular flexibility index (Phi) is 3.64. The summed E-state index contributed by atoms with van der Waals surface area (Å²) in [5.74, 6) is 0.996. The second kappa shape index (κ2) is 5.58. The van der Waals surface area contributed by atoms with Gasteiger partial charge in [-0.05, 0) is 43.0 Å². The van der Waals surface area contributed by atoms with Crippen molar-refractivity contribution >= 4 is 5.69 Å². The Morgan fingerprint density at radius 2 is 2.00 bits per heavy atom. The molecule has 3 rings (SSSR count). The Bertz CT molecular complexity index is 606. The molecule has 0 saturated carbocycles. The van der Waals surface area contributed by atoms with Crippen molar-refractivity contribution in [3.8, 4) is 5.75 Å². The number of nitrogens with one attached hydrogen (secondary N) is 1. The molecule has 0 amide bonds. The van der Waals surface area contributed by atoms with Crippen LogP contribution in [-0.4, -0.2) is 6.61 Å². The molecule has 0 radical (unpaired) electrons. The van der Waals surface area contributed by atoms with E-state index in [4.69, 9.17) is 4.74 Å². The first-order valence-electron chi connectivity index (χ1n) is 7.42. The third kappa shape index (κ3) is 2.38. The van der Waals surface area contributed by atoms with Gasteiger partial charge in [0, 0.05) is 11.3 Å². The van der Waals surface area contributed by atoms with Crippen LogP contribution < -0.4 is 10.1 Å². The summed E-state index contributed by atoms with van der Waals surface area (Å²) >= 11 is 0. The van der Waals surface area contributed by atoms with Crippen molar-refractivity contribution in [3.63, 3.8) is 0 Å². The molecule has 2 heteroatoms. The van der Waals surface area contributed by atoms with Crippen molar-refractivity contribution in [1.82, 2.24) is 0 Å². The van der Waals surface area contributed by atoms with Crippen LogP contribution in [0.2, 0.25) is 0 Å². The van der Waals surface area contributed by atoms with Gasteiger partial charge in [0.1, 0.15) is 5.75 Å². The molecule has 0 aromatic heterocycles. The molecular formula is C18H21NO. The number of hydrogen-bond acceptors (Lipinski definition) is 2. The van der Waals surface area contributed by atoms with Crippen molar-refractivity contribution in [2.24, 2.45) is 0 Å². The van der Waals surface area contributed by atoms with E-state index in [-0.39, 0.29) is 0 Å². The number of ether oxygens (including phenoxy) is 1. The summed E-state index contributed by atoms with van der Waals surface area (Å²) in [5, 5.41) is 3.62. The smallest absolute Gasteiger partial charge is 0.124 e. The van der Waals surface area contributed by atoms with Gasteiger partial charge in [0.2, 0.25) is 0 Å². The zero-order valence-electron chi connectivity index (χ0n) is 12.1. The van der Waals surface area contributed by atoms with Crippen LogP contribution in [0.3, 0.4) is 0 Å². The summed E-state index contributed by atoms with van der Waals surface area (Å²) in [5.41, 5.74) is 5.34. The molecule has 1 atom stereocenters. The summed E-state index contributed by atoms with van der Waals surface area (Å²) in [4.78, 5) is 0. The van der Waals surface area contributed by atoms with E-state index < -0.39 is 0 Å². The van der Waals surface area contributed by atoms with Crippen molar-refractivity contribution in [1.29, 1.82) is 0 Å². The zero-order valence-corrected chi connectivity index (χ0v) is 12.1. The molecule has 1 unspecified atom stereocenters. The number of fused-ring (bicyclic) bond motifs is 1. The third-order valence-corrected chi connectivity index (χ3v) is 3.93. The fourth-order valence-corrected chi connectivity index (χ4v) is 2.88. The van der Waals surface area contributed by atoms with E-state index in [1.54, 1.807) is 0 Å². The van der Waals surface area contributed by atoms with Crippen LogP contribution in [-0.2, 0) is 12.8 Å². The highest BCUT2D eigenvalue weighted by atomic mass is 16.5. The van der Waals surface area contributed by atoms with Gasteiger partial charge in [-0.2, -0.15) is 0 Å². The molecule has 20 heavy (non-hydrogen) atoms. The molecule has 1 N–H and O–H groups in total. The van der Waals surface area contributed by atoms with Crippen LogP contribution in [0.5, 0.6) is 5.75 Å². The predicted octanol–water partition coefficient (Wildman–Crippen LogP) is 4.36. The van der Waals surface area contributed by atoms with Crippen molar-refractivity contribution < 1.29 is 4.74 Å². The standard InChI is InChI=1S/C18H21NO/c1-3-13-9-10-16-14(11-13)12-17(19-16)15-7-5-6-8-18(15)20-4-2/h5-11,17,19H,3-4,12H2,1-2H3. The minimum Gasteiger partial charge on any atom is -0.494 e. The molecular weight excluding hydrogens is 246 g/mol. The van der Waals surface area contributed by atoms with Crippen LogP contribution in [0.25, 0.3) is 0 Å². The monoisotopic (exact) mass is 267 g/mol. The molecule has 1 aliphatic rings. The lowest BCUT2D eigenvalue weighted by Crippen LogP contribution is -2.08. The van der Waals surface area contributed by atoms with Gasteiger partial charge in [0.25, 0.3) is 0 Å². The zero-order chi connectivity index (χ0) is 13.9. The SMILES string of the molecule is CCOc1ccccc1C1Cc2cc(CC)ccc2N1. The summed E-state index contributed by atoms with van der Waals surface area (Å²) in [7, 11) is 0. The van der Waals surface area contributed by atoms with Crippen molar-refractivity contribution in [2.45, 2.75) is 32.7 Å². The minimum atomic E-state index is 0.319. The normalized spacial score (nSPS) is 16.6. The van der Waals surface area contributed by atoms with E-state index in [1.807, 2.05) is 13.0 Å². The Balaban J connectivity index is 1.88. The van der Waals surface area contributed by atoms with Gasteiger partial charge in [-0.1, -0.05) is 37.3 Å². The number of anilines is 1. The van der Waals surface area contributed by atoms with E-state index >= 15 is 0 Å². The summed E-state index contributed by atoms with van der Waals surface area (Å²) in [6.45, 7) is 4.93. The lowest BCUT2D eigenvalue weighted by molar-refractivity contribution is 0.335. The van der Waals surface area contributed by atoms with Gasteiger partial charge in [-0.3, -0.25) is 0 Å². The van der Waals surface area contributed by atoms with Gasteiger partial charge in [0.05, 0.1) is 12.6 Å². The highest BCUT2D eigenvalue weighted by Crippen LogP contribution is 2.38. The molecule has 0 spiro atoms. The first-order valence-corrected chi connectivity index (χ1v) is 7.42. The maximum absolute atomic E-state index is 5.75. The average Bonchev–Trinajstić information content (AvgIpc) is 2.90. The Morgan fingerprint density at radius 1 is 1.15 bits per heavy atom. The van der Waals surface area contributed by atoms with Crippen LogP contribution in [0.4, 0.5) is 5.69 Å². The lowest BCUT2D eigenvalue weighted by Gasteiger charge is -2.16. The molecule has 0 saturated heterocycles.